The van der Waals surface area contributed by atoms with E-state index >= 15 is 0 Å². The lowest BCUT2D eigenvalue weighted by Gasteiger charge is -2.08. The summed E-state index contributed by atoms with van der Waals surface area (Å²) in [5.41, 5.74) is 0.179. The van der Waals surface area contributed by atoms with Gasteiger partial charge < -0.3 is 9.47 Å². The average molecular weight is 278 g/mol. The highest BCUT2D eigenvalue weighted by atomic mass is 32.2. The summed E-state index contributed by atoms with van der Waals surface area (Å²) in [4.78, 5) is 22.1. The number of hydrogen-bond donors (Lipinski definition) is 0. The Morgan fingerprint density at radius 2 is 2.06 bits per heavy atom. The van der Waals surface area contributed by atoms with E-state index in [4.69, 9.17) is 4.74 Å². The molecule has 1 atom stereocenters. The number of hydrogen-bond acceptors (Lipinski definition) is 7. The van der Waals surface area contributed by atoms with Gasteiger partial charge in [-0.05, 0) is 6.92 Å². The fourth-order valence-electron chi connectivity index (χ4n) is 1.18. The zero-order valence-corrected chi connectivity index (χ0v) is 10.7. The standard InChI is InChI=1S/C10H14O7S/c1-7(2)10(12)16-5-9(11)15-3-8-4-17-18(13,14)6-8/h8H,1,3-6H2,2H3. The smallest absolute Gasteiger partial charge is 0.344 e. The van der Waals surface area contributed by atoms with Gasteiger partial charge in [-0.1, -0.05) is 6.58 Å². The van der Waals surface area contributed by atoms with Crippen LogP contribution in [0.5, 0.6) is 0 Å². The van der Waals surface area contributed by atoms with Crippen molar-refractivity contribution in [3.05, 3.63) is 12.2 Å². The molecule has 8 heteroatoms. The molecule has 102 valence electrons. The molecule has 0 aromatic carbocycles. The van der Waals surface area contributed by atoms with Gasteiger partial charge in [0, 0.05) is 11.5 Å². The molecule has 0 radical (unpaired) electrons. The van der Waals surface area contributed by atoms with Crippen molar-refractivity contribution in [2.24, 2.45) is 5.92 Å². The molecule has 7 nitrogen and oxygen atoms in total. The lowest BCUT2D eigenvalue weighted by atomic mass is 10.2. The monoisotopic (exact) mass is 278 g/mol. The third-order valence-electron chi connectivity index (χ3n) is 2.07. The van der Waals surface area contributed by atoms with Crippen LogP contribution in [0, 0.1) is 5.92 Å². The molecular formula is C10H14O7S. The fourth-order valence-corrected chi connectivity index (χ4v) is 2.45. The van der Waals surface area contributed by atoms with Crippen LogP contribution >= 0.6 is 0 Å². The van der Waals surface area contributed by atoms with E-state index in [1.54, 1.807) is 0 Å². The molecule has 1 heterocycles. The van der Waals surface area contributed by atoms with Gasteiger partial charge in [-0.2, -0.15) is 8.42 Å². The van der Waals surface area contributed by atoms with Gasteiger partial charge in [0.15, 0.2) is 6.61 Å². The molecule has 1 aliphatic heterocycles. The van der Waals surface area contributed by atoms with Gasteiger partial charge in [0.05, 0.1) is 19.0 Å². The summed E-state index contributed by atoms with van der Waals surface area (Å²) >= 11 is 0. The molecule has 0 spiro atoms. The Kier molecular flexibility index (Phi) is 4.85. The Labute approximate surface area is 105 Å². The van der Waals surface area contributed by atoms with Crippen LogP contribution in [0.1, 0.15) is 6.92 Å². The van der Waals surface area contributed by atoms with Crippen molar-refractivity contribution < 1.29 is 31.7 Å². The summed E-state index contributed by atoms with van der Waals surface area (Å²) in [6, 6.07) is 0. The summed E-state index contributed by atoms with van der Waals surface area (Å²) in [7, 11) is -3.47. The molecular weight excluding hydrogens is 264 g/mol. The molecule has 0 aromatic heterocycles. The number of carbonyl (C=O) groups excluding carboxylic acids is 2. The first-order chi connectivity index (χ1) is 8.30. The first-order valence-electron chi connectivity index (χ1n) is 5.15. The minimum absolute atomic E-state index is 0.00116. The first kappa shape index (κ1) is 14.7. The topological polar surface area (TPSA) is 96.0 Å². The van der Waals surface area contributed by atoms with Gasteiger partial charge in [0.1, 0.15) is 0 Å². The van der Waals surface area contributed by atoms with Crippen molar-refractivity contribution in [1.82, 2.24) is 0 Å². The average Bonchev–Trinajstić information content (AvgIpc) is 2.62. The van der Waals surface area contributed by atoms with Gasteiger partial charge in [0.2, 0.25) is 0 Å². The third-order valence-corrected chi connectivity index (χ3v) is 3.45. The lowest BCUT2D eigenvalue weighted by molar-refractivity contribution is -0.157. The quantitative estimate of drug-likeness (QED) is 0.384. The van der Waals surface area contributed by atoms with Crippen molar-refractivity contribution in [1.29, 1.82) is 0 Å². The predicted molar refractivity (Wildman–Crippen MR) is 60.0 cm³/mol. The van der Waals surface area contributed by atoms with E-state index < -0.39 is 28.7 Å². The highest BCUT2D eigenvalue weighted by Crippen LogP contribution is 2.14. The zero-order valence-electron chi connectivity index (χ0n) is 9.88. The summed E-state index contributed by atoms with van der Waals surface area (Å²) in [6.45, 7) is 4.20. The second-order valence-corrected chi connectivity index (χ2v) is 5.60. The van der Waals surface area contributed by atoms with E-state index in [2.05, 4.69) is 15.5 Å². The SMILES string of the molecule is C=C(C)C(=O)OCC(=O)OCC1COS(=O)(=O)C1. The van der Waals surface area contributed by atoms with Crippen molar-refractivity contribution in [2.45, 2.75) is 6.92 Å². The van der Waals surface area contributed by atoms with Crippen LogP contribution in [-0.4, -0.2) is 45.9 Å². The van der Waals surface area contributed by atoms with Crippen molar-refractivity contribution in [2.75, 3.05) is 25.6 Å². The van der Waals surface area contributed by atoms with E-state index in [9.17, 15) is 18.0 Å². The van der Waals surface area contributed by atoms with E-state index in [0.717, 1.165) is 0 Å². The van der Waals surface area contributed by atoms with Crippen LogP contribution in [-0.2, 0) is 33.4 Å². The maximum atomic E-state index is 11.2. The van der Waals surface area contributed by atoms with Crippen LogP contribution in [0.25, 0.3) is 0 Å². The Morgan fingerprint density at radius 1 is 1.39 bits per heavy atom. The van der Waals surface area contributed by atoms with E-state index in [-0.39, 0.29) is 30.5 Å². The summed E-state index contributed by atoms with van der Waals surface area (Å²) in [5.74, 6) is -1.98. The molecule has 0 amide bonds. The lowest BCUT2D eigenvalue weighted by Crippen LogP contribution is -2.21. The molecule has 1 unspecified atom stereocenters. The third kappa shape index (κ3) is 4.84. The number of ether oxygens (including phenoxy) is 2. The Hall–Kier alpha value is -1.41. The molecule has 0 N–H and O–H groups in total. The maximum Gasteiger partial charge on any atom is 0.344 e. The number of carbonyl (C=O) groups is 2. The Bertz CT molecular complexity index is 451. The summed E-state index contributed by atoms with van der Waals surface area (Å²) in [6.07, 6.45) is 0. The highest BCUT2D eigenvalue weighted by Gasteiger charge is 2.30. The van der Waals surface area contributed by atoms with E-state index in [1.807, 2.05) is 0 Å². The molecule has 18 heavy (non-hydrogen) atoms. The molecule has 0 saturated carbocycles. The van der Waals surface area contributed by atoms with Gasteiger partial charge in [0.25, 0.3) is 10.1 Å². The Balaban J connectivity index is 2.22. The highest BCUT2D eigenvalue weighted by molar-refractivity contribution is 7.86. The predicted octanol–water partition coefficient (Wildman–Crippen LogP) is -0.375. The first-order valence-corrected chi connectivity index (χ1v) is 6.73. The summed E-state index contributed by atoms with van der Waals surface area (Å²) < 4.78 is 35.7. The van der Waals surface area contributed by atoms with Crippen LogP contribution in [0.3, 0.4) is 0 Å². The minimum Gasteiger partial charge on any atom is -0.463 e. The second-order valence-electron chi connectivity index (χ2n) is 3.91. The van der Waals surface area contributed by atoms with Gasteiger partial charge in [-0.25, -0.2) is 9.59 Å². The molecule has 1 aliphatic rings. The van der Waals surface area contributed by atoms with Crippen LogP contribution in [0.4, 0.5) is 0 Å². The van der Waals surface area contributed by atoms with E-state index in [0.29, 0.717) is 0 Å². The molecule has 0 bridgehead atoms. The number of rotatable bonds is 5. The van der Waals surface area contributed by atoms with Crippen LogP contribution < -0.4 is 0 Å². The Morgan fingerprint density at radius 3 is 2.56 bits per heavy atom. The molecule has 1 rings (SSSR count). The summed E-state index contributed by atoms with van der Waals surface area (Å²) in [5, 5.41) is 0. The van der Waals surface area contributed by atoms with Crippen LogP contribution in [0.2, 0.25) is 0 Å². The van der Waals surface area contributed by atoms with Crippen molar-refractivity contribution in [3.8, 4) is 0 Å². The second kappa shape index (κ2) is 5.96. The maximum absolute atomic E-state index is 11.2. The van der Waals surface area contributed by atoms with Crippen molar-refractivity contribution >= 4 is 22.1 Å². The van der Waals surface area contributed by atoms with Crippen LogP contribution in [0.15, 0.2) is 12.2 Å². The number of esters is 2. The fraction of sp³-hybridized carbons (Fsp3) is 0.600. The minimum atomic E-state index is -3.47. The molecule has 0 aromatic rings. The normalized spacial score (nSPS) is 21.3. The van der Waals surface area contributed by atoms with E-state index in [1.165, 1.54) is 6.92 Å². The zero-order chi connectivity index (χ0) is 13.8. The van der Waals surface area contributed by atoms with Crippen molar-refractivity contribution in [3.63, 3.8) is 0 Å². The molecule has 0 aliphatic carbocycles. The molecule has 1 fully saturated rings. The van der Waals surface area contributed by atoms with Gasteiger partial charge in [-0.15, -0.1) is 0 Å². The van der Waals surface area contributed by atoms with Gasteiger partial charge >= 0.3 is 11.9 Å². The van der Waals surface area contributed by atoms with Gasteiger partial charge in [-0.3, -0.25) is 4.18 Å². The largest absolute Gasteiger partial charge is 0.463 e. The molecule has 1 saturated heterocycles.